The fourth-order valence-corrected chi connectivity index (χ4v) is 5.10. The van der Waals surface area contributed by atoms with E-state index in [1.165, 1.54) is 17.8 Å². The number of fused-ring (bicyclic) bond motifs is 1. The van der Waals surface area contributed by atoms with Gasteiger partial charge in [0.25, 0.3) is 0 Å². The van der Waals surface area contributed by atoms with Crippen LogP contribution in [0.25, 0.3) is 10.2 Å². The van der Waals surface area contributed by atoms with Crippen molar-refractivity contribution in [1.82, 2.24) is 4.98 Å². The van der Waals surface area contributed by atoms with Crippen LogP contribution in [-0.4, -0.2) is 10.9 Å². The normalized spacial score (nSPS) is 15.2. The summed E-state index contributed by atoms with van der Waals surface area (Å²) >= 11 is 7.92. The van der Waals surface area contributed by atoms with E-state index in [4.69, 9.17) is 16.6 Å². The number of hydrogen-bond acceptors (Lipinski definition) is 3. The number of halogens is 1. The third kappa shape index (κ3) is 3.87. The number of aromatic nitrogens is 1. The Balaban J connectivity index is 1.74. The predicted molar refractivity (Wildman–Crippen MR) is 114 cm³/mol. The Morgan fingerprint density at radius 2 is 1.89 bits per heavy atom. The van der Waals surface area contributed by atoms with Crippen molar-refractivity contribution < 1.29 is 4.79 Å². The zero-order valence-electron chi connectivity index (χ0n) is 15.5. The van der Waals surface area contributed by atoms with Crippen LogP contribution in [0.3, 0.4) is 0 Å². The number of anilines is 1. The molecule has 0 saturated heterocycles. The number of amides is 1. The van der Waals surface area contributed by atoms with E-state index in [1.54, 1.807) is 0 Å². The summed E-state index contributed by atoms with van der Waals surface area (Å²) in [5, 5.41) is 1.45. The summed E-state index contributed by atoms with van der Waals surface area (Å²) in [6, 6.07) is 14.0. The summed E-state index contributed by atoms with van der Waals surface area (Å²) in [5.74, 6) is 0.303. The molecule has 4 rings (SSSR count). The number of rotatable bonds is 4. The standard InChI is InChI=1S/C22H23ClN2OS/c1-15-12-13-18(23)20-19(15)24-22(27-20)25(14-16-8-4-2-5-9-16)21(26)17-10-6-3-7-11-17/h2,4-5,8-9,12-13,17H,3,6-7,10-11,14H2,1H3. The van der Waals surface area contributed by atoms with E-state index in [9.17, 15) is 4.79 Å². The molecule has 1 fully saturated rings. The maximum atomic E-state index is 13.4. The molecule has 3 nitrogen and oxygen atoms in total. The summed E-state index contributed by atoms with van der Waals surface area (Å²) in [4.78, 5) is 20.1. The highest BCUT2D eigenvalue weighted by Crippen LogP contribution is 2.37. The number of carbonyl (C=O) groups is 1. The molecule has 1 aromatic heterocycles. The van der Waals surface area contributed by atoms with Crippen LogP contribution >= 0.6 is 22.9 Å². The molecule has 0 bridgehead atoms. The second-order valence-electron chi connectivity index (χ2n) is 7.28. The second-order valence-corrected chi connectivity index (χ2v) is 8.67. The maximum absolute atomic E-state index is 13.4. The average Bonchev–Trinajstić information content (AvgIpc) is 3.16. The Kier molecular flexibility index (Phi) is 5.46. The van der Waals surface area contributed by atoms with Crippen LogP contribution in [-0.2, 0) is 11.3 Å². The largest absolute Gasteiger partial charge is 0.283 e. The minimum absolute atomic E-state index is 0.103. The molecular weight excluding hydrogens is 376 g/mol. The lowest BCUT2D eigenvalue weighted by atomic mass is 9.88. The van der Waals surface area contributed by atoms with Crippen molar-refractivity contribution in [2.45, 2.75) is 45.6 Å². The molecule has 0 N–H and O–H groups in total. The molecule has 1 aliphatic rings. The SMILES string of the molecule is Cc1ccc(Cl)c2sc(N(Cc3ccccc3)C(=O)C3CCCCC3)nc12. The molecule has 0 spiro atoms. The van der Waals surface area contributed by atoms with Crippen molar-refractivity contribution in [3.05, 3.63) is 58.6 Å². The molecule has 27 heavy (non-hydrogen) atoms. The Morgan fingerprint density at radius 3 is 2.59 bits per heavy atom. The predicted octanol–water partition coefficient (Wildman–Crippen LogP) is 6.37. The summed E-state index contributed by atoms with van der Waals surface area (Å²) < 4.78 is 0.959. The van der Waals surface area contributed by atoms with Gasteiger partial charge < -0.3 is 0 Å². The van der Waals surface area contributed by atoms with Crippen LogP contribution < -0.4 is 4.90 Å². The smallest absolute Gasteiger partial charge is 0.232 e. The highest BCUT2D eigenvalue weighted by atomic mass is 35.5. The van der Waals surface area contributed by atoms with E-state index in [2.05, 4.69) is 12.1 Å². The Hall–Kier alpha value is -1.91. The third-order valence-electron chi connectivity index (χ3n) is 5.32. The summed E-state index contributed by atoms with van der Waals surface area (Å²) in [6.45, 7) is 2.58. The fraction of sp³-hybridized carbons (Fsp3) is 0.364. The summed E-state index contributed by atoms with van der Waals surface area (Å²) in [6.07, 6.45) is 5.47. The first kappa shape index (κ1) is 18.5. The van der Waals surface area contributed by atoms with Gasteiger partial charge in [-0.1, -0.05) is 78.6 Å². The van der Waals surface area contributed by atoms with Gasteiger partial charge in [-0.15, -0.1) is 0 Å². The van der Waals surface area contributed by atoms with Gasteiger partial charge in [0.05, 0.1) is 21.8 Å². The van der Waals surface area contributed by atoms with Gasteiger partial charge in [0.1, 0.15) is 0 Å². The van der Waals surface area contributed by atoms with Crippen LogP contribution in [0.4, 0.5) is 5.13 Å². The molecule has 1 aliphatic carbocycles. The first-order valence-corrected chi connectivity index (χ1v) is 10.7. The number of nitrogens with zero attached hydrogens (tertiary/aromatic N) is 2. The highest BCUT2D eigenvalue weighted by molar-refractivity contribution is 7.23. The van der Waals surface area contributed by atoms with Gasteiger partial charge in [-0.05, 0) is 37.0 Å². The molecule has 2 aromatic carbocycles. The van der Waals surface area contributed by atoms with Gasteiger partial charge >= 0.3 is 0 Å². The zero-order chi connectivity index (χ0) is 18.8. The van der Waals surface area contributed by atoms with Gasteiger partial charge in [0, 0.05) is 5.92 Å². The van der Waals surface area contributed by atoms with E-state index in [0.29, 0.717) is 11.6 Å². The zero-order valence-corrected chi connectivity index (χ0v) is 17.0. The Labute approximate surface area is 169 Å². The van der Waals surface area contributed by atoms with Gasteiger partial charge in [-0.25, -0.2) is 4.98 Å². The van der Waals surface area contributed by atoms with Crippen LogP contribution in [0.2, 0.25) is 5.02 Å². The Bertz CT molecular complexity index is 909. The van der Waals surface area contributed by atoms with Crippen molar-refractivity contribution in [3.8, 4) is 0 Å². The molecule has 5 heteroatoms. The van der Waals surface area contributed by atoms with Crippen molar-refractivity contribution in [2.75, 3.05) is 4.90 Å². The molecule has 1 amide bonds. The number of hydrogen-bond donors (Lipinski definition) is 0. The third-order valence-corrected chi connectivity index (χ3v) is 6.86. The first-order chi connectivity index (χ1) is 13.1. The molecule has 140 valence electrons. The topological polar surface area (TPSA) is 33.2 Å². The Morgan fingerprint density at radius 1 is 1.15 bits per heavy atom. The lowest BCUT2D eigenvalue weighted by Gasteiger charge is -2.27. The van der Waals surface area contributed by atoms with Crippen molar-refractivity contribution in [2.24, 2.45) is 5.92 Å². The molecule has 1 heterocycles. The number of carbonyl (C=O) groups excluding carboxylic acids is 1. The minimum atomic E-state index is 0.103. The molecule has 3 aromatic rings. The maximum Gasteiger partial charge on any atom is 0.232 e. The van der Waals surface area contributed by atoms with Gasteiger partial charge in [-0.2, -0.15) is 0 Å². The fourth-order valence-electron chi connectivity index (χ4n) is 3.78. The van der Waals surface area contributed by atoms with E-state index < -0.39 is 0 Å². The summed E-state index contributed by atoms with van der Waals surface area (Å²) in [7, 11) is 0. The van der Waals surface area contributed by atoms with Crippen molar-refractivity contribution in [3.63, 3.8) is 0 Å². The number of thiazole rings is 1. The highest BCUT2D eigenvalue weighted by Gasteiger charge is 2.29. The summed E-state index contributed by atoms with van der Waals surface area (Å²) in [5.41, 5.74) is 3.10. The quantitative estimate of drug-likeness (QED) is 0.511. The van der Waals surface area contributed by atoms with Crippen molar-refractivity contribution in [1.29, 1.82) is 0 Å². The molecule has 1 saturated carbocycles. The number of aryl methyl sites for hydroxylation is 1. The van der Waals surface area contributed by atoms with Gasteiger partial charge in [0.2, 0.25) is 5.91 Å². The van der Waals surface area contributed by atoms with Gasteiger partial charge in [-0.3, -0.25) is 9.69 Å². The van der Waals surface area contributed by atoms with Crippen LogP contribution in [0.5, 0.6) is 0 Å². The minimum Gasteiger partial charge on any atom is -0.283 e. The van der Waals surface area contributed by atoms with E-state index >= 15 is 0 Å². The average molecular weight is 399 g/mol. The van der Waals surface area contributed by atoms with Crippen LogP contribution in [0, 0.1) is 12.8 Å². The molecular formula is C22H23ClN2OS. The number of benzene rings is 2. The lowest BCUT2D eigenvalue weighted by molar-refractivity contribution is -0.123. The van der Waals surface area contributed by atoms with E-state index in [1.807, 2.05) is 42.2 Å². The monoisotopic (exact) mass is 398 g/mol. The molecule has 0 aliphatic heterocycles. The van der Waals surface area contributed by atoms with E-state index in [-0.39, 0.29) is 11.8 Å². The van der Waals surface area contributed by atoms with Crippen LogP contribution in [0.15, 0.2) is 42.5 Å². The van der Waals surface area contributed by atoms with Gasteiger partial charge in [0.15, 0.2) is 5.13 Å². The molecule has 0 unspecified atom stereocenters. The lowest BCUT2D eigenvalue weighted by Crippen LogP contribution is -2.36. The van der Waals surface area contributed by atoms with E-state index in [0.717, 1.165) is 52.2 Å². The molecule has 0 atom stereocenters. The second kappa shape index (κ2) is 7.99. The molecule has 0 radical (unpaired) electrons. The van der Waals surface area contributed by atoms with Crippen molar-refractivity contribution >= 4 is 44.2 Å². The van der Waals surface area contributed by atoms with Crippen LogP contribution in [0.1, 0.15) is 43.2 Å². The first-order valence-electron chi connectivity index (χ1n) is 9.54.